The highest BCUT2D eigenvalue weighted by Gasteiger charge is 1.89. The second-order valence-electron chi connectivity index (χ2n) is 3.56. The highest BCUT2D eigenvalue weighted by Crippen LogP contribution is 1.98. The Labute approximate surface area is 102 Å². The van der Waals surface area contributed by atoms with Crippen LogP contribution in [0.4, 0.5) is 4.39 Å². The summed E-state index contributed by atoms with van der Waals surface area (Å²) < 4.78 is 12.1. The molecule has 0 N–H and O–H groups in total. The lowest BCUT2D eigenvalue weighted by molar-refractivity contribution is 0.582. The summed E-state index contributed by atoms with van der Waals surface area (Å²) in [7, 11) is 0. The standard InChI is InChI=1S/C7H8FN.C7H9N/c1-2-6-3-4-7(8)9-5-6;1-2-7-4-3-5-8-6-7/h3-5H,2H2,1H3;3-6H,2H2,1H3. The van der Waals surface area contributed by atoms with Crippen LogP contribution in [0.3, 0.4) is 0 Å². The van der Waals surface area contributed by atoms with Crippen molar-refractivity contribution in [3.8, 4) is 0 Å². The van der Waals surface area contributed by atoms with Crippen molar-refractivity contribution in [3.63, 3.8) is 0 Å². The quantitative estimate of drug-likeness (QED) is 0.741. The Balaban J connectivity index is 0.000000171. The summed E-state index contributed by atoms with van der Waals surface area (Å²) in [5.41, 5.74) is 2.36. The highest BCUT2D eigenvalue weighted by molar-refractivity contribution is 5.08. The largest absolute Gasteiger partial charge is 0.264 e. The minimum atomic E-state index is -0.410. The van der Waals surface area contributed by atoms with E-state index in [9.17, 15) is 4.39 Å². The fraction of sp³-hybridized carbons (Fsp3) is 0.286. The molecule has 0 fully saturated rings. The van der Waals surface area contributed by atoms with Gasteiger partial charge in [-0.2, -0.15) is 4.39 Å². The van der Waals surface area contributed by atoms with Crippen LogP contribution < -0.4 is 0 Å². The zero-order valence-electron chi connectivity index (χ0n) is 10.2. The van der Waals surface area contributed by atoms with E-state index in [1.54, 1.807) is 18.5 Å². The van der Waals surface area contributed by atoms with Crippen molar-refractivity contribution in [3.05, 3.63) is 59.9 Å². The Morgan fingerprint density at radius 2 is 1.71 bits per heavy atom. The van der Waals surface area contributed by atoms with E-state index < -0.39 is 5.95 Å². The monoisotopic (exact) mass is 232 g/mol. The van der Waals surface area contributed by atoms with Gasteiger partial charge in [0.05, 0.1) is 0 Å². The van der Waals surface area contributed by atoms with Crippen LogP contribution in [0.5, 0.6) is 0 Å². The molecule has 2 aromatic rings. The third-order valence-corrected chi connectivity index (χ3v) is 2.33. The predicted molar refractivity (Wildman–Crippen MR) is 67.2 cm³/mol. The topological polar surface area (TPSA) is 25.8 Å². The lowest BCUT2D eigenvalue weighted by Crippen LogP contribution is -1.84. The SMILES string of the molecule is CCc1ccc(F)nc1.CCc1cccnc1. The number of pyridine rings is 2. The van der Waals surface area contributed by atoms with Gasteiger partial charge in [0, 0.05) is 18.6 Å². The number of halogens is 1. The molecule has 17 heavy (non-hydrogen) atoms. The minimum absolute atomic E-state index is 0.410. The zero-order chi connectivity index (χ0) is 12.5. The van der Waals surface area contributed by atoms with Crippen LogP contribution in [-0.2, 0) is 12.8 Å². The van der Waals surface area contributed by atoms with Crippen LogP contribution in [0.15, 0.2) is 42.9 Å². The van der Waals surface area contributed by atoms with Gasteiger partial charge in [-0.1, -0.05) is 26.0 Å². The van der Waals surface area contributed by atoms with E-state index in [-0.39, 0.29) is 0 Å². The second-order valence-corrected chi connectivity index (χ2v) is 3.56. The molecule has 0 atom stereocenters. The molecular formula is C14H17FN2. The molecule has 0 saturated heterocycles. The summed E-state index contributed by atoms with van der Waals surface area (Å²) in [5.74, 6) is -0.410. The molecule has 0 unspecified atom stereocenters. The molecule has 90 valence electrons. The predicted octanol–water partition coefficient (Wildman–Crippen LogP) is 3.43. The van der Waals surface area contributed by atoms with E-state index in [2.05, 4.69) is 23.0 Å². The molecule has 0 bridgehead atoms. The number of aryl methyl sites for hydroxylation is 2. The second kappa shape index (κ2) is 7.49. The van der Waals surface area contributed by atoms with Gasteiger partial charge in [0.1, 0.15) is 0 Å². The van der Waals surface area contributed by atoms with Crippen molar-refractivity contribution in [1.29, 1.82) is 0 Å². The highest BCUT2D eigenvalue weighted by atomic mass is 19.1. The Kier molecular flexibility index (Phi) is 5.86. The van der Waals surface area contributed by atoms with Gasteiger partial charge in [-0.15, -0.1) is 0 Å². The Bertz CT molecular complexity index is 412. The van der Waals surface area contributed by atoms with Crippen molar-refractivity contribution in [1.82, 2.24) is 9.97 Å². The lowest BCUT2D eigenvalue weighted by Gasteiger charge is -1.91. The molecule has 0 aliphatic rings. The lowest BCUT2D eigenvalue weighted by atomic mass is 10.2. The summed E-state index contributed by atoms with van der Waals surface area (Å²) in [6.45, 7) is 4.13. The molecular weight excluding hydrogens is 215 g/mol. The van der Waals surface area contributed by atoms with Crippen LogP contribution in [-0.4, -0.2) is 9.97 Å². The van der Waals surface area contributed by atoms with E-state index in [1.807, 2.05) is 19.2 Å². The Morgan fingerprint density at radius 3 is 2.12 bits per heavy atom. The van der Waals surface area contributed by atoms with E-state index in [0.29, 0.717) is 0 Å². The Morgan fingerprint density at radius 1 is 1.00 bits per heavy atom. The number of hydrogen-bond donors (Lipinski definition) is 0. The molecule has 2 nitrogen and oxygen atoms in total. The van der Waals surface area contributed by atoms with Gasteiger partial charge < -0.3 is 0 Å². The molecule has 0 radical (unpaired) electrons. The fourth-order valence-electron chi connectivity index (χ4n) is 1.22. The average Bonchev–Trinajstić information content (AvgIpc) is 2.41. The zero-order valence-corrected chi connectivity index (χ0v) is 10.2. The van der Waals surface area contributed by atoms with Crippen molar-refractivity contribution in [2.45, 2.75) is 26.7 Å². The van der Waals surface area contributed by atoms with E-state index >= 15 is 0 Å². The van der Waals surface area contributed by atoms with Gasteiger partial charge in [-0.05, 0) is 36.1 Å². The van der Waals surface area contributed by atoms with Crippen molar-refractivity contribution in [2.24, 2.45) is 0 Å². The normalized spacial score (nSPS) is 9.35. The minimum Gasteiger partial charge on any atom is -0.264 e. The average molecular weight is 232 g/mol. The third kappa shape index (κ3) is 5.20. The summed E-state index contributed by atoms with van der Waals surface area (Å²) in [4.78, 5) is 7.44. The van der Waals surface area contributed by atoms with Gasteiger partial charge in [-0.3, -0.25) is 4.98 Å². The molecule has 3 heteroatoms. The van der Waals surface area contributed by atoms with Crippen molar-refractivity contribution < 1.29 is 4.39 Å². The number of hydrogen-bond acceptors (Lipinski definition) is 2. The van der Waals surface area contributed by atoms with Crippen LogP contribution >= 0.6 is 0 Å². The maximum absolute atomic E-state index is 12.1. The van der Waals surface area contributed by atoms with Crippen LogP contribution in [0.25, 0.3) is 0 Å². The molecule has 2 aromatic heterocycles. The molecule has 2 heterocycles. The van der Waals surface area contributed by atoms with Crippen LogP contribution in [0.2, 0.25) is 0 Å². The molecule has 0 amide bonds. The third-order valence-electron chi connectivity index (χ3n) is 2.33. The molecule has 0 spiro atoms. The Hall–Kier alpha value is -1.77. The van der Waals surface area contributed by atoms with E-state index in [0.717, 1.165) is 18.4 Å². The van der Waals surface area contributed by atoms with E-state index in [4.69, 9.17) is 0 Å². The van der Waals surface area contributed by atoms with Gasteiger partial charge in [0.25, 0.3) is 0 Å². The molecule has 2 rings (SSSR count). The van der Waals surface area contributed by atoms with E-state index in [1.165, 1.54) is 11.6 Å². The number of nitrogens with zero attached hydrogens (tertiary/aromatic N) is 2. The first-order valence-corrected chi connectivity index (χ1v) is 5.75. The van der Waals surface area contributed by atoms with Crippen LogP contribution in [0.1, 0.15) is 25.0 Å². The summed E-state index contributed by atoms with van der Waals surface area (Å²) in [6, 6.07) is 7.15. The summed E-state index contributed by atoms with van der Waals surface area (Å²) >= 11 is 0. The summed E-state index contributed by atoms with van der Waals surface area (Å²) in [5, 5.41) is 0. The first-order chi connectivity index (χ1) is 8.26. The molecule has 0 aliphatic carbocycles. The smallest absolute Gasteiger partial charge is 0.212 e. The maximum atomic E-state index is 12.1. The fourth-order valence-corrected chi connectivity index (χ4v) is 1.22. The number of aromatic nitrogens is 2. The maximum Gasteiger partial charge on any atom is 0.212 e. The van der Waals surface area contributed by atoms with Gasteiger partial charge in [0.2, 0.25) is 5.95 Å². The first kappa shape index (κ1) is 13.3. The molecule has 0 aliphatic heterocycles. The van der Waals surface area contributed by atoms with Gasteiger partial charge >= 0.3 is 0 Å². The van der Waals surface area contributed by atoms with Gasteiger partial charge in [0.15, 0.2) is 0 Å². The van der Waals surface area contributed by atoms with Crippen molar-refractivity contribution >= 4 is 0 Å². The molecule has 0 aromatic carbocycles. The molecule has 0 saturated carbocycles. The first-order valence-electron chi connectivity index (χ1n) is 5.75. The van der Waals surface area contributed by atoms with Crippen molar-refractivity contribution in [2.75, 3.05) is 0 Å². The summed E-state index contributed by atoms with van der Waals surface area (Å²) in [6.07, 6.45) is 7.22. The number of rotatable bonds is 2. The van der Waals surface area contributed by atoms with Crippen LogP contribution in [0, 0.1) is 5.95 Å². The van der Waals surface area contributed by atoms with Gasteiger partial charge in [-0.25, -0.2) is 4.98 Å².